The zero-order valence-corrected chi connectivity index (χ0v) is 13.9. The van der Waals surface area contributed by atoms with Crippen molar-refractivity contribution < 1.29 is 0 Å². The van der Waals surface area contributed by atoms with Crippen molar-refractivity contribution in [1.29, 1.82) is 0 Å². The minimum atomic E-state index is 0.343. The van der Waals surface area contributed by atoms with E-state index in [9.17, 15) is 0 Å². The number of likely N-dealkylation sites (N-methyl/N-ethyl adjacent to an activating group) is 1. The lowest BCUT2D eigenvalue weighted by atomic mass is 10.1. The summed E-state index contributed by atoms with van der Waals surface area (Å²) < 4.78 is 1.22. The molecule has 0 saturated carbocycles. The molecule has 1 unspecified atom stereocenters. The molecule has 2 rings (SSSR count). The molecule has 2 nitrogen and oxygen atoms in total. The van der Waals surface area contributed by atoms with Crippen molar-refractivity contribution in [1.82, 2.24) is 10.3 Å². The Morgan fingerprint density at radius 2 is 2.16 bits per heavy atom. The summed E-state index contributed by atoms with van der Waals surface area (Å²) in [5, 5.41) is 3.55. The van der Waals surface area contributed by atoms with E-state index in [-0.39, 0.29) is 0 Å². The monoisotopic (exact) mass is 338 g/mol. The van der Waals surface area contributed by atoms with Crippen LogP contribution in [0.3, 0.4) is 0 Å². The molecule has 2 aromatic heterocycles. The van der Waals surface area contributed by atoms with Gasteiger partial charge in [-0.3, -0.25) is 4.98 Å². The van der Waals surface area contributed by atoms with Crippen molar-refractivity contribution in [2.45, 2.75) is 33.2 Å². The summed E-state index contributed by atoms with van der Waals surface area (Å²) >= 11 is 5.42. The molecule has 0 bridgehead atoms. The van der Waals surface area contributed by atoms with Gasteiger partial charge in [0.25, 0.3) is 0 Å². The second-order valence-electron chi connectivity index (χ2n) is 4.75. The van der Waals surface area contributed by atoms with Crippen LogP contribution in [0, 0.1) is 13.8 Å². The average molecular weight is 339 g/mol. The van der Waals surface area contributed by atoms with Crippen molar-refractivity contribution in [2.24, 2.45) is 0 Å². The predicted molar refractivity (Wildman–Crippen MR) is 85.9 cm³/mol. The fraction of sp³-hybridized carbons (Fsp3) is 0.400. The minimum absolute atomic E-state index is 0.343. The van der Waals surface area contributed by atoms with Gasteiger partial charge < -0.3 is 5.32 Å². The summed E-state index contributed by atoms with van der Waals surface area (Å²) in [6.45, 7) is 7.31. The highest BCUT2D eigenvalue weighted by Gasteiger charge is 2.15. The van der Waals surface area contributed by atoms with Gasteiger partial charge in [-0.15, -0.1) is 11.3 Å². The van der Waals surface area contributed by atoms with E-state index >= 15 is 0 Å². The molecule has 2 aromatic rings. The second kappa shape index (κ2) is 6.64. The van der Waals surface area contributed by atoms with Gasteiger partial charge >= 0.3 is 0 Å². The summed E-state index contributed by atoms with van der Waals surface area (Å²) in [4.78, 5) is 5.88. The third kappa shape index (κ3) is 3.88. The summed E-state index contributed by atoms with van der Waals surface area (Å²) in [5.41, 5.74) is 3.65. The standard InChI is InChI=1S/C15H19BrN2S/c1-4-17-13(14-7-11(3)15(16)19-14)8-12-6-5-10(2)9-18-12/h5-7,9,13,17H,4,8H2,1-3H3. The lowest BCUT2D eigenvalue weighted by Crippen LogP contribution is -2.22. The van der Waals surface area contributed by atoms with Crippen LogP contribution in [0.5, 0.6) is 0 Å². The molecule has 0 aromatic carbocycles. The Morgan fingerprint density at radius 3 is 2.68 bits per heavy atom. The number of hydrogen-bond donors (Lipinski definition) is 1. The van der Waals surface area contributed by atoms with E-state index in [0.29, 0.717) is 6.04 Å². The van der Waals surface area contributed by atoms with Crippen LogP contribution in [0.1, 0.15) is 34.7 Å². The minimum Gasteiger partial charge on any atom is -0.309 e. The van der Waals surface area contributed by atoms with Crippen LogP contribution in [0.4, 0.5) is 0 Å². The average Bonchev–Trinajstić information content (AvgIpc) is 2.72. The lowest BCUT2D eigenvalue weighted by Gasteiger charge is -2.16. The van der Waals surface area contributed by atoms with E-state index in [1.807, 2.05) is 17.5 Å². The first-order chi connectivity index (χ1) is 9.10. The Bertz CT molecular complexity index is 514. The SMILES string of the molecule is CCNC(Cc1ccc(C)cn1)c1cc(C)c(Br)s1. The largest absolute Gasteiger partial charge is 0.309 e. The molecule has 19 heavy (non-hydrogen) atoms. The number of nitrogens with one attached hydrogen (secondary N) is 1. The summed E-state index contributed by atoms with van der Waals surface area (Å²) in [6, 6.07) is 6.85. The zero-order valence-electron chi connectivity index (χ0n) is 11.5. The van der Waals surface area contributed by atoms with Gasteiger partial charge in [0, 0.05) is 29.2 Å². The fourth-order valence-corrected chi connectivity index (χ4v) is 3.65. The fourth-order valence-electron chi connectivity index (χ4n) is 2.00. The van der Waals surface area contributed by atoms with Crippen LogP contribution >= 0.6 is 27.3 Å². The normalized spacial score (nSPS) is 12.6. The molecule has 0 radical (unpaired) electrons. The molecule has 1 N–H and O–H groups in total. The number of hydrogen-bond acceptors (Lipinski definition) is 3. The first-order valence-corrected chi connectivity index (χ1v) is 8.12. The predicted octanol–water partition coefficient (Wildman–Crippen LogP) is 4.42. The number of thiophene rings is 1. The van der Waals surface area contributed by atoms with Crippen molar-refractivity contribution in [3.8, 4) is 0 Å². The maximum absolute atomic E-state index is 4.51. The first-order valence-electron chi connectivity index (χ1n) is 6.51. The Morgan fingerprint density at radius 1 is 1.37 bits per heavy atom. The number of rotatable bonds is 5. The zero-order chi connectivity index (χ0) is 13.8. The van der Waals surface area contributed by atoms with Gasteiger partial charge in [-0.05, 0) is 59.6 Å². The number of aromatic nitrogens is 1. The molecule has 0 fully saturated rings. The number of halogens is 1. The Labute approximate surface area is 127 Å². The van der Waals surface area contributed by atoms with Crippen molar-refractivity contribution >= 4 is 27.3 Å². The van der Waals surface area contributed by atoms with Crippen LogP contribution in [-0.2, 0) is 6.42 Å². The van der Waals surface area contributed by atoms with E-state index in [0.717, 1.165) is 18.7 Å². The Hall–Kier alpha value is -0.710. The first kappa shape index (κ1) is 14.7. The van der Waals surface area contributed by atoms with Crippen molar-refractivity contribution in [2.75, 3.05) is 6.54 Å². The quantitative estimate of drug-likeness (QED) is 0.872. The van der Waals surface area contributed by atoms with Gasteiger partial charge in [-0.2, -0.15) is 0 Å². The van der Waals surface area contributed by atoms with E-state index in [1.54, 1.807) is 0 Å². The molecule has 2 heterocycles. The van der Waals surface area contributed by atoms with Gasteiger partial charge in [0.2, 0.25) is 0 Å². The van der Waals surface area contributed by atoms with Gasteiger partial charge in [0.1, 0.15) is 0 Å². The molecular formula is C15H19BrN2S. The highest BCUT2D eigenvalue weighted by molar-refractivity contribution is 9.11. The van der Waals surface area contributed by atoms with E-state index < -0.39 is 0 Å². The molecule has 0 spiro atoms. The summed E-state index contributed by atoms with van der Waals surface area (Å²) in [5.74, 6) is 0. The molecular weight excluding hydrogens is 320 g/mol. The Balaban J connectivity index is 2.18. The number of nitrogens with zero attached hydrogens (tertiary/aromatic N) is 1. The molecule has 102 valence electrons. The van der Waals surface area contributed by atoms with E-state index in [2.05, 4.69) is 65.2 Å². The van der Waals surface area contributed by atoms with E-state index in [4.69, 9.17) is 0 Å². The van der Waals surface area contributed by atoms with Crippen LogP contribution in [0.15, 0.2) is 28.2 Å². The van der Waals surface area contributed by atoms with Crippen LogP contribution in [0.25, 0.3) is 0 Å². The molecule has 0 aliphatic rings. The molecule has 0 aliphatic heterocycles. The van der Waals surface area contributed by atoms with Crippen molar-refractivity contribution in [3.63, 3.8) is 0 Å². The van der Waals surface area contributed by atoms with Crippen LogP contribution in [-0.4, -0.2) is 11.5 Å². The second-order valence-corrected chi connectivity index (χ2v) is 7.15. The number of pyridine rings is 1. The smallest absolute Gasteiger partial charge is 0.0731 e. The highest BCUT2D eigenvalue weighted by atomic mass is 79.9. The van der Waals surface area contributed by atoms with Gasteiger partial charge in [0.05, 0.1) is 3.79 Å². The highest BCUT2D eigenvalue weighted by Crippen LogP contribution is 2.32. The molecule has 0 aliphatic carbocycles. The number of aryl methyl sites for hydroxylation is 2. The van der Waals surface area contributed by atoms with E-state index in [1.165, 1.54) is 19.8 Å². The molecule has 4 heteroatoms. The van der Waals surface area contributed by atoms with Gasteiger partial charge in [-0.25, -0.2) is 0 Å². The molecule has 0 amide bonds. The third-order valence-electron chi connectivity index (χ3n) is 3.06. The third-order valence-corrected chi connectivity index (χ3v) is 5.31. The maximum atomic E-state index is 4.51. The van der Waals surface area contributed by atoms with Crippen molar-refractivity contribution in [3.05, 3.63) is 49.9 Å². The van der Waals surface area contributed by atoms with Gasteiger partial charge in [-0.1, -0.05) is 13.0 Å². The topological polar surface area (TPSA) is 24.9 Å². The van der Waals surface area contributed by atoms with Crippen LogP contribution in [0.2, 0.25) is 0 Å². The summed E-state index contributed by atoms with van der Waals surface area (Å²) in [6.07, 6.45) is 2.87. The lowest BCUT2D eigenvalue weighted by molar-refractivity contribution is 0.552. The molecule has 0 saturated heterocycles. The van der Waals surface area contributed by atoms with Crippen LogP contribution < -0.4 is 5.32 Å². The Kier molecular flexibility index (Phi) is 5.13. The molecule has 1 atom stereocenters. The summed E-state index contributed by atoms with van der Waals surface area (Å²) in [7, 11) is 0. The van der Waals surface area contributed by atoms with Gasteiger partial charge in [0.15, 0.2) is 0 Å². The maximum Gasteiger partial charge on any atom is 0.0731 e.